The van der Waals surface area contributed by atoms with Crippen LogP contribution in [0.25, 0.3) is 10.8 Å². The van der Waals surface area contributed by atoms with Gasteiger partial charge < -0.3 is 15.2 Å². The highest BCUT2D eigenvalue weighted by atomic mass is 32.2. The van der Waals surface area contributed by atoms with Crippen LogP contribution >= 0.6 is 0 Å². The number of carboxylic acid groups (broad SMARTS) is 1. The van der Waals surface area contributed by atoms with Crippen LogP contribution in [-0.2, 0) is 16.4 Å². The van der Waals surface area contributed by atoms with Crippen LogP contribution in [-0.4, -0.2) is 56.0 Å². The van der Waals surface area contributed by atoms with E-state index in [-0.39, 0.29) is 11.8 Å². The first-order chi connectivity index (χ1) is 17.8. The molecular weight excluding hydrogens is 492 g/mol. The van der Waals surface area contributed by atoms with E-state index < -0.39 is 22.2 Å². The molecular formula is C27H30N4O5S. The fourth-order valence-electron chi connectivity index (χ4n) is 5.07. The molecule has 1 saturated heterocycles. The third-order valence-corrected chi connectivity index (χ3v) is 9.01. The summed E-state index contributed by atoms with van der Waals surface area (Å²) in [7, 11) is -3.56. The molecule has 9 nitrogen and oxygen atoms in total. The Kier molecular flexibility index (Phi) is 7.14. The minimum atomic E-state index is -3.56. The van der Waals surface area contributed by atoms with Crippen LogP contribution in [0.3, 0.4) is 0 Å². The number of amidine groups is 1. The van der Waals surface area contributed by atoms with Gasteiger partial charge in [0.2, 0.25) is 10.0 Å². The molecule has 1 atom stereocenters. The van der Waals surface area contributed by atoms with E-state index in [1.54, 1.807) is 16.4 Å². The van der Waals surface area contributed by atoms with Gasteiger partial charge in [-0.05, 0) is 71.3 Å². The lowest BCUT2D eigenvalue weighted by atomic mass is 9.93. The number of rotatable bonds is 6. The van der Waals surface area contributed by atoms with Crippen molar-refractivity contribution in [3.63, 3.8) is 0 Å². The zero-order valence-electron chi connectivity index (χ0n) is 20.3. The van der Waals surface area contributed by atoms with Gasteiger partial charge in [0.1, 0.15) is 11.6 Å². The van der Waals surface area contributed by atoms with Crippen LogP contribution in [0, 0.1) is 11.3 Å². The number of nitrogens with one attached hydrogen (secondary N) is 3. The van der Waals surface area contributed by atoms with Crippen LogP contribution in [0.4, 0.5) is 4.79 Å². The maximum Gasteiger partial charge on any atom is 0.410 e. The number of fused-ring (bicyclic) bond motifs is 2. The third kappa shape index (κ3) is 5.46. The fraction of sp³-hybridized carbons (Fsp3) is 0.333. The molecule has 5 rings (SSSR count). The normalized spacial score (nSPS) is 18.8. The highest BCUT2D eigenvalue weighted by molar-refractivity contribution is 7.89. The number of benzene rings is 3. The highest BCUT2D eigenvalue weighted by Gasteiger charge is 2.30. The van der Waals surface area contributed by atoms with E-state index in [2.05, 4.69) is 10.6 Å². The van der Waals surface area contributed by atoms with Gasteiger partial charge in [-0.3, -0.25) is 10.7 Å². The molecule has 3 aromatic rings. The Bertz CT molecular complexity index is 1430. The van der Waals surface area contributed by atoms with Crippen molar-refractivity contribution < 1.29 is 23.1 Å². The lowest BCUT2D eigenvalue weighted by Gasteiger charge is -2.31. The molecule has 10 heteroatoms. The van der Waals surface area contributed by atoms with Crippen molar-refractivity contribution in [1.82, 2.24) is 14.9 Å². The first kappa shape index (κ1) is 25.2. The Balaban J connectivity index is 1.20. The molecule has 4 N–H and O–H groups in total. The van der Waals surface area contributed by atoms with Gasteiger partial charge in [-0.1, -0.05) is 36.4 Å². The molecule has 2 aliphatic heterocycles. The monoisotopic (exact) mass is 522 g/mol. The zero-order chi connectivity index (χ0) is 26.0. The average molecular weight is 523 g/mol. The fourth-order valence-corrected chi connectivity index (χ4v) is 6.58. The number of hydrogen-bond acceptors (Lipinski definition) is 6. The van der Waals surface area contributed by atoms with E-state index in [0.717, 1.165) is 28.3 Å². The second-order valence-electron chi connectivity index (χ2n) is 9.51. The number of ether oxygens (including phenoxy) is 1. The quantitative estimate of drug-likeness (QED) is 0.288. The van der Waals surface area contributed by atoms with Gasteiger partial charge in [-0.25, -0.2) is 13.2 Å². The van der Waals surface area contributed by atoms with E-state index >= 15 is 0 Å². The van der Waals surface area contributed by atoms with Crippen molar-refractivity contribution in [2.45, 2.75) is 30.2 Å². The largest absolute Gasteiger partial charge is 0.493 e. The van der Waals surface area contributed by atoms with Crippen molar-refractivity contribution in [3.05, 3.63) is 71.8 Å². The Hall–Kier alpha value is -3.47. The van der Waals surface area contributed by atoms with E-state index in [1.165, 1.54) is 0 Å². The standard InChI is InChI=1S/C27H30N4O5S/c28-26(30-27(32)33)25-24-16-22(7-5-20(24)9-12-29-25)36-17-18-10-13-31(14-11-18)37(34,35)23-8-6-19-3-1-2-4-21(19)15-23/h1-8,15-16,18,25,29H,9-14,17H2,(H2,28,30)(H,32,33). The Morgan fingerprint density at radius 1 is 1.08 bits per heavy atom. The maximum absolute atomic E-state index is 13.2. The maximum atomic E-state index is 13.2. The van der Waals surface area contributed by atoms with E-state index in [1.807, 2.05) is 48.5 Å². The number of nitrogens with zero attached hydrogens (tertiary/aromatic N) is 1. The van der Waals surface area contributed by atoms with Crippen LogP contribution in [0.2, 0.25) is 0 Å². The second kappa shape index (κ2) is 10.5. The summed E-state index contributed by atoms with van der Waals surface area (Å²) in [6.07, 6.45) is 0.932. The Morgan fingerprint density at radius 2 is 1.84 bits per heavy atom. The number of amides is 1. The summed E-state index contributed by atoms with van der Waals surface area (Å²) in [5.74, 6) is 0.757. The molecule has 0 radical (unpaired) electrons. The van der Waals surface area contributed by atoms with Crippen LogP contribution < -0.4 is 15.4 Å². The molecule has 0 saturated carbocycles. The molecule has 1 unspecified atom stereocenters. The Labute approximate surface area is 216 Å². The summed E-state index contributed by atoms with van der Waals surface area (Å²) in [4.78, 5) is 11.3. The van der Waals surface area contributed by atoms with Gasteiger partial charge in [0.15, 0.2) is 0 Å². The summed E-state index contributed by atoms with van der Waals surface area (Å²) < 4.78 is 34.1. The van der Waals surface area contributed by atoms with Gasteiger partial charge in [-0.15, -0.1) is 0 Å². The molecule has 1 amide bonds. The van der Waals surface area contributed by atoms with Crippen LogP contribution in [0.15, 0.2) is 65.6 Å². The molecule has 37 heavy (non-hydrogen) atoms. The molecule has 0 bridgehead atoms. The molecule has 1 fully saturated rings. The van der Waals surface area contributed by atoms with Crippen molar-refractivity contribution in [3.8, 4) is 5.75 Å². The summed E-state index contributed by atoms with van der Waals surface area (Å²) in [6.45, 7) is 2.00. The first-order valence-electron chi connectivity index (χ1n) is 12.4. The molecule has 2 aliphatic rings. The van der Waals surface area contributed by atoms with Crippen molar-refractivity contribution in [2.75, 3.05) is 26.2 Å². The Morgan fingerprint density at radius 3 is 2.59 bits per heavy atom. The van der Waals surface area contributed by atoms with Gasteiger partial charge in [0.25, 0.3) is 0 Å². The second-order valence-corrected chi connectivity index (χ2v) is 11.4. The predicted octanol–water partition coefficient (Wildman–Crippen LogP) is 3.75. The predicted molar refractivity (Wildman–Crippen MR) is 141 cm³/mol. The van der Waals surface area contributed by atoms with Crippen molar-refractivity contribution in [1.29, 1.82) is 5.41 Å². The molecule has 0 spiro atoms. The molecule has 194 valence electrons. The number of piperidine rings is 1. The number of carbonyl (C=O) groups is 1. The van der Waals surface area contributed by atoms with Crippen LogP contribution in [0.5, 0.6) is 5.75 Å². The average Bonchev–Trinajstić information content (AvgIpc) is 2.91. The number of hydrogen-bond donors (Lipinski definition) is 4. The molecule has 0 aromatic heterocycles. The van der Waals surface area contributed by atoms with Gasteiger partial charge in [-0.2, -0.15) is 4.31 Å². The summed E-state index contributed by atoms with van der Waals surface area (Å²) >= 11 is 0. The smallest absolute Gasteiger partial charge is 0.410 e. The zero-order valence-corrected chi connectivity index (χ0v) is 21.1. The number of sulfonamides is 1. The minimum absolute atomic E-state index is 0.120. The topological polar surface area (TPSA) is 132 Å². The van der Waals surface area contributed by atoms with E-state index in [4.69, 9.17) is 15.3 Å². The summed E-state index contributed by atoms with van der Waals surface area (Å²) in [6, 6.07) is 18.2. The van der Waals surface area contributed by atoms with Gasteiger partial charge in [0.05, 0.1) is 17.5 Å². The van der Waals surface area contributed by atoms with Gasteiger partial charge >= 0.3 is 6.09 Å². The third-order valence-electron chi connectivity index (χ3n) is 7.12. The van der Waals surface area contributed by atoms with Crippen molar-refractivity contribution in [2.24, 2.45) is 5.92 Å². The summed E-state index contributed by atoms with van der Waals surface area (Å²) in [5, 5.41) is 24.3. The van der Waals surface area contributed by atoms with E-state index in [0.29, 0.717) is 49.7 Å². The first-order valence-corrected chi connectivity index (χ1v) is 13.8. The SMILES string of the molecule is N=C(NC(=O)O)C1NCCc2ccc(OCC3CCN(S(=O)(=O)c4ccc5ccccc5c4)CC3)cc21. The molecule has 0 aliphatic carbocycles. The van der Waals surface area contributed by atoms with Crippen molar-refractivity contribution >= 4 is 32.7 Å². The highest BCUT2D eigenvalue weighted by Crippen LogP contribution is 2.30. The minimum Gasteiger partial charge on any atom is -0.493 e. The van der Waals surface area contributed by atoms with Crippen LogP contribution in [0.1, 0.15) is 30.0 Å². The lowest BCUT2D eigenvalue weighted by Crippen LogP contribution is -2.42. The summed E-state index contributed by atoms with van der Waals surface area (Å²) in [5.41, 5.74) is 1.89. The lowest BCUT2D eigenvalue weighted by molar-refractivity contribution is 0.185. The molecule has 2 heterocycles. The molecule has 3 aromatic carbocycles. The van der Waals surface area contributed by atoms with Gasteiger partial charge in [0, 0.05) is 19.6 Å². The van der Waals surface area contributed by atoms with E-state index in [9.17, 15) is 13.2 Å².